The summed E-state index contributed by atoms with van der Waals surface area (Å²) in [4.78, 5) is 0. The molecule has 8 heteroatoms. The molecule has 5 rings (SSSR count). The van der Waals surface area contributed by atoms with Gasteiger partial charge in [0.2, 0.25) is 0 Å². The molecule has 1 saturated heterocycles. The Kier molecular flexibility index (Phi) is 10.2. The van der Waals surface area contributed by atoms with E-state index in [1.807, 2.05) is 72.8 Å². The van der Waals surface area contributed by atoms with E-state index in [1.54, 1.807) is 0 Å². The lowest BCUT2D eigenvalue weighted by atomic mass is 9.99. The van der Waals surface area contributed by atoms with Crippen LogP contribution >= 0.6 is 0 Å². The van der Waals surface area contributed by atoms with E-state index in [2.05, 4.69) is 90.1 Å². The molecule has 1 heterocycles. The Bertz CT molecular complexity index is 1440. The van der Waals surface area contributed by atoms with Gasteiger partial charge in [0.05, 0.1) is 6.61 Å². The maximum absolute atomic E-state index is 12.0. The van der Waals surface area contributed by atoms with Crippen molar-refractivity contribution in [2.24, 2.45) is 0 Å². The predicted molar refractivity (Wildman–Crippen MR) is 189 cm³/mol. The van der Waals surface area contributed by atoms with Gasteiger partial charge in [0.1, 0.15) is 24.4 Å². The van der Waals surface area contributed by atoms with Crippen molar-refractivity contribution in [2.45, 2.75) is 82.3 Å². The summed E-state index contributed by atoms with van der Waals surface area (Å²) in [6.45, 7) is 13.0. The van der Waals surface area contributed by atoms with Crippen LogP contribution in [-0.2, 0) is 13.6 Å². The summed E-state index contributed by atoms with van der Waals surface area (Å²) >= 11 is 0. The maximum atomic E-state index is 12.0. The molecule has 244 valence electrons. The Balaban J connectivity index is 1.55. The van der Waals surface area contributed by atoms with Gasteiger partial charge < -0.3 is 28.9 Å². The molecule has 0 aromatic heterocycles. The largest absolute Gasteiger partial charge is 0.405 e. The average Bonchev–Trinajstić information content (AvgIpc) is 3.04. The van der Waals surface area contributed by atoms with Crippen molar-refractivity contribution in [3.05, 3.63) is 121 Å². The minimum Gasteiger partial charge on any atom is -0.405 e. The van der Waals surface area contributed by atoms with Crippen molar-refractivity contribution in [3.63, 3.8) is 0 Å². The zero-order valence-corrected chi connectivity index (χ0v) is 29.7. The molecule has 0 aliphatic carbocycles. The van der Waals surface area contributed by atoms with Crippen molar-refractivity contribution in [2.75, 3.05) is 6.61 Å². The molecule has 46 heavy (non-hydrogen) atoms. The monoisotopic (exact) mass is 656 g/mol. The Labute approximate surface area is 275 Å². The second-order valence-electron chi connectivity index (χ2n) is 14.3. The quantitative estimate of drug-likeness (QED) is 0.237. The van der Waals surface area contributed by atoms with Crippen LogP contribution in [0.5, 0.6) is 0 Å². The van der Waals surface area contributed by atoms with Gasteiger partial charge in [-0.25, -0.2) is 0 Å². The lowest BCUT2D eigenvalue weighted by Gasteiger charge is -2.50. The van der Waals surface area contributed by atoms with Crippen LogP contribution in [0, 0.1) is 0 Å². The summed E-state index contributed by atoms with van der Waals surface area (Å²) < 4.78 is 20.2. The first-order valence-electron chi connectivity index (χ1n) is 16.1. The number of aliphatic hydroxyl groups excluding tert-OH is 3. The SMILES string of the molecule is CC(C)(C)[Si](OC[C@H]1O[C@H](O)[C@H](O)[C@@H](O[Si](c2ccccc2)(c2ccccc2)C(C)(C)C)[C@H]1O)(c1ccccc1)c1ccccc1. The third kappa shape index (κ3) is 6.33. The van der Waals surface area contributed by atoms with Crippen LogP contribution in [0.25, 0.3) is 0 Å². The van der Waals surface area contributed by atoms with Crippen LogP contribution in [0.2, 0.25) is 10.1 Å². The number of rotatable bonds is 9. The van der Waals surface area contributed by atoms with Crippen LogP contribution in [-0.4, -0.2) is 69.3 Å². The second kappa shape index (κ2) is 13.7. The highest BCUT2D eigenvalue weighted by molar-refractivity contribution is 7.00. The minimum absolute atomic E-state index is 0.00116. The zero-order valence-electron chi connectivity index (χ0n) is 27.7. The third-order valence-corrected chi connectivity index (χ3v) is 19.3. The molecule has 0 radical (unpaired) electrons. The van der Waals surface area contributed by atoms with Gasteiger partial charge in [0, 0.05) is 0 Å². The summed E-state index contributed by atoms with van der Waals surface area (Å²) in [6.07, 6.45) is -6.41. The predicted octanol–water partition coefficient (Wildman–Crippen LogP) is 3.95. The van der Waals surface area contributed by atoms with Gasteiger partial charge in [-0.05, 0) is 30.8 Å². The van der Waals surface area contributed by atoms with Gasteiger partial charge in [-0.3, -0.25) is 0 Å². The van der Waals surface area contributed by atoms with Crippen molar-refractivity contribution >= 4 is 37.4 Å². The second-order valence-corrected chi connectivity index (χ2v) is 22.8. The smallest absolute Gasteiger partial charge is 0.261 e. The molecule has 4 aromatic rings. The zero-order chi connectivity index (χ0) is 33.2. The molecule has 0 unspecified atom stereocenters. The topological polar surface area (TPSA) is 88.4 Å². The van der Waals surface area contributed by atoms with Gasteiger partial charge in [0.25, 0.3) is 16.6 Å². The normalized spacial score (nSPS) is 22.8. The van der Waals surface area contributed by atoms with E-state index in [9.17, 15) is 15.3 Å². The fourth-order valence-corrected chi connectivity index (χ4v) is 16.3. The summed E-state index contributed by atoms with van der Waals surface area (Å²) in [5.41, 5.74) is 0. The van der Waals surface area contributed by atoms with E-state index < -0.39 is 52.4 Å². The van der Waals surface area contributed by atoms with Crippen LogP contribution < -0.4 is 20.7 Å². The molecular formula is C38H48O6Si2. The molecule has 0 bridgehead atoms. The molecule has 0 amide bonds. The Morgan fingerprint density at radius 1 is 0.543 bits per heavy atom. The van der Waals surface area contributed by atoms with Gasteiger partial charge in [-0.2, -0.15) is 0 Å². The van der Waals surface area contributed by atoms with E-state index in [0.717, 1.165) is 20.7 Å². The minimum atomic E-state index is -3.19. The van der Waals surface area contributed by atoms with E-state index >= 15 is 0 Å². The van der Waals surface area contributed by atoms with Gasteiger partial charge >= 0.3 is 0 Å². The molecule has 0 spiro atoms. The van der Waals surface area contributed by atoms with Gasteiger partial charge in [-0.1, -0.05) is 163 Å². The highest BCUT2D eigenvalue weighted by Gasteiger charge is 2.57. The molecule has 1 fully saturated rings. The van der Waals surface area contributed by atoms with Crippen molar-refractivity contribution in [1.82, 2.24) is 0 Å². The first kappa shape index (κ1) is 34.4. The Hall–Kier alpha value is -2.93. The average molecular weight is 657 g/mol. The van der Waals surface area contributed by atoms with Crippen LogP contribution in [0.3, 0.4) is 0 Å². The first-order chi connectivity index (χ1) is 21.8. The number of benzene rings is 4. The Morgan fingerprint density at radius 2 is 0.891 bits per heavy atom. The van der Waals surface area contributed by atoms with Crippen LogP contribution in [0.4, 0.5) is 0 Å². The van der Waals surface area contributed by atoms with Crippen LogP contribution in [0.15, 0.2) is 121 Å². The van der Waals surface area contributed by atoms with E-state index in [0.29, 0.717) is 0 Å². The molecule has 0 saturated carbocycles. The maximum Gasteiger partial charge on any atom is 0.261 e. The molecular weight excluding hydrogens is 609 g/mol. The summed E-state index contributed by atoms with van der Waals surface area (Å²) in [6, 6.07) is 40.6. The van der Waals surface area contributed by atoms with Crippen molar-refractivity contribution in [3.8, 4) is 0 Å². The fraction of sp³-hybridized carbons (Fsp3) is 0.368. The Morgan fingerprint density at radius 3 is 1.24 bits per heavy atom. The van der Waals surface area contributed by atoms with E-state index in [1.165, 1.54) is 0 Å². The van der Waals surface area contributed by atoms with E-state index in [-0.39, 0.29) is 11.6 Å². The highest BCUT2D eigenvalue weighted by atomic mass is 28.4. The molecule has 3 N–H and O–H groups in total. The molecule has 5 atom stereocenters. The van der Waals surface area contributed by atoms with Gasteiger partial charge in [-0.15, -0.1) is 0 Å². The number of hydrogen-bond acceptors (Lipinski definition) is 6. The number of ether oxygens (including phenoxy) is 1. The van der Waals surface area contributed by atoms with Gasteiger partial charge in [0.15, 0.2) is 6.29 Å². The number of aliphatic hydroxyl groups is 3. The highest BCUT2D eigenvalue weighted by Crippen LogP contribution is 2.40. The summed E-state index contributed by atoms with van der Waals surface area (Å²) in [5, 5.41) is 38.0. The lowest BCUT2D eigenvalue weighted by Crippen LogP contribution is -2.72. The van der Waals surface area contributed by atoms with Crippen molar-refractivity contribution in [1.29, 1.82) is 0 Å². The number of hydrogen-bond donors (Lipinski definition) is 3. The standard InChI is InChI=1S/C38H48O6Si2/c1-37(2,3)45(28-19-11-7-12-20-28,29-21-13-8-14-22-29)42-27-32-33(39)35(34(40)36(41)43-32)44-46(38(4,5)6,30-23-15-9-16-24-30)31-25-17-10-18-26-31/h7-26,32-36,39-41H,27H2,1-6H3/t32-,33+,34-,35+,36+/m1/s1. The third-order valence-electron chi connectivity index (χ3n) is 9.27. The van der Waals surface area contributed by atoms with Crippen molar-refractivity contribution < 1.29 is 28.9 Å². The molecule has 1 aliphatic rings. The lowest BCUT2D eigenvalue weighted by molar-refractivity contribution is -0.282. The molecule has 1 aliphatic heterocycles. The molecule has 4 aromatic carbocycles. The van der Waals surface area contributed by atoms with E-state index in [4.69, 9.17) is 13.6 Å². The summed E-state index contributed by atoms with van der Waals surface area (Å²) in [5.74, 6) is 0. The molecule has 6 nitrogen and oxygen atoms in total. The summed E-state index contributed by atoms with van der Waals surface area (Å²) in [7, 11) is -6.17. The fourth-order valence-electron chi connectivity index (χ4n) is 7.06. The first-order valence-corrected chi connectivity index (χ1v) is 19.9. The van der Waals surface area contributed by atoms with Crippen LogP contribution in [0.1, 0.15) is 41.5 Å².